The van der Waals surface area contributed by atoms with Crippen molar-refractivity contribution in [3.8, 4) is 5.75 Å². The molecule has 0 amide bonds. The maximum Gasteiger partial charge on any atom is 0.323 e. The number of fused-ring (bicyclic) bond motifs is 3. The average Bonchev–Trinajstić information content (AvgIpc) is 3.18. The molecule has 0 spiro atoms. The number of sulfone groups is 1. The molecule has 1 fully saturated rings. The van der Waals surface area contributed by atoms with Gasteiger partial charge in [-0.3, -0.25) is 10.1 Å². The Morgan fingerprint density at radius 3 is 2.38 bits per heavy atom. The Bertz CT molecular complexity index is 954. The molecule has 2 aliphatic rings. The molecule has 1 saturated heterocycles. The molecule has 0 aromatic heterocycles. The van der Waals surface area contributed by atoms with Crippen molar-refractivity contribution in [1.82, 2.24) is 5.32 Å². The van der Waals surface area contributed by atoms with Gasteiger partial charge in [0.1, 0.15) is 11.8 Å². The summed E-state index contributed by atoms with van der Waals surface area (Å²) in [5, 5.41) is 2.45. The molecule has 136 valence electrons. The van der Waals surface area contributed by atoms with Gasteiger partial charge in [-0.05, 0) is 29.3 Å². The van der Waals surface area contributed by atoms with E-state index >= 15 is 0 Å². The second-order valence-electron chi connectivity index (χ2n) is 6.49. The number of esters is 1. The van der Waals surface area contributed by atoms with Gasteiger partial charge in [-0.15, -0.1) is 0 Å². The van der Waals surface area contributed by atoms with Gasteiger partial charge in [0.25, 0.3) is 0 Å². The lowest BCUT2D eigenvalue weighted by atomic mass is 9.89. The summed E-state index contributed by atoms with van der Waals surface area (Å²) < 4.78 is 36.5. The van der Waals surface area contributed by atoms with E-state index in [2.05, 4.69) is 5.32 Å². The molecule has 0 bridgehead atoms. The van der Waals surface area contributed by atoms with Crippen LogP contribution in [0.5, 0.6) is 5.75 Å². The van der Waals surface area contributed by atoms with Gasteiger partial charge in [0, 0.05) is 5.92 Å². The highest BCUT2D eigenvalue weighted by Crippen LogP contribution is 2.51. The van der Waals surface area contributed by atoms with Crippen molar-refractivity contribution >= 4 is 15.8 Å². The third-order valence-electron chi connectivity index (χ3n) is 5.27. The summed E-state index contributed by atoms with van der Waals surface area (Å²) in [6, 6.07) is 12.9. The standard InChI is InChI=1S/C19H19NO5S/c1-24-12-9-7-11(8-10-12)16-18-15(17(20-16)19(21)25-2)13-5-3-4-6-14(13)26(18,22)23/h3-10,15-18,20H,1-2H3/t15-,16+,17+,18-/m1/s1. The Hall–Kier alpha value is -2.38. The van der Waals surface area contributed by atoms with Crippen molar-refractivity contribution in [2.24, 2.45) is 0 Å². The SMILES string of the molecule is COC(=O)[C@H]1N[C@@H](c2ccc(OC)cc2)[C@H]2[C@@H]1c1ccccc1S2(=O)=O. The number of rotatable bonds is 3. The van der Waals surface area contributed by atoms with Crippen molar-refractivity contribution < 1.29 is 22.7 Å². The number of nitrogens with one attached hydrogen (secondary N) is 1. The van der Waals surface area contributed by atoms with E-state index in [-0.39, 0.29) is 0 Å². The van der Waals surface area contributed by atoms with Gasteiger partial charge in [0.2, 0.25) is 0 Å². The monoisotopic (exact) mass is 373 g/mol. The fourth-order valence-electron chi connectivity index (χ4n) is 4.12. The largest absolute Gasteiger partial charge is 0.497 e. The Labute approximate surface area is 152 Å². The number of carbonyl (C=O) groups excluding carboxylic acids is 1. The third kappa shape index (κ3) is 2.34. The molecule has 2 heterocycles. The lowest BCUT2D eigenvalue weighted by Gasteiger charge is -2.19. The molecule has 1 N–H and O–H groups in total. The van der Waals surface area contributed by atoms with Crippen LogP contribution in [0.1, 0.15) is 23.1 Å². The first-order chi connectivity index (χ1) is 12.5. The van der Waals surface area contributed by atoms with Gasteiger partial charge in [-0.1, -0.05) is 30.3 Å². The summed E-state index contributed by atoms with van der Waals surface area (Å²) in [5.41, 5.74) is 1.47. The molecule has 2 aromatic rings. The van der Waals surface area contributed by atoms with Crippen LogP contribution >= 0.6 is 0 Å². The van der Waals surface area contributed by atoms with Crippen molar-refractivity contribution in [2.75, 3.05) is 14.2 Å². The van der Waals surface area contributed by atoms with Crippen molar-refractivity contribution in [2.45, 2.75) is 28.1 Å². The van der Waals surface area contributed by atoms with Crippen LogP contribution in [-0.4, -0.2) is 39.9 Å². The van der Waals surface area contributed by atoms with Gasteiger partial charge < -0.3 is 9.47 Å². The Balaban J connectivity index is 1.85. The molecule has 2 aromatic carbocycles. The van der Waals surface area contributed by atoms with Crippen LogP contribution in [0.3, 0.4) is 0 Å². The topological polar surface area (TPSA) is 81.7 Å². The molecule has 4 atom stereocenters. The zero-order valence-corrected chi connectivity index (χ0v) is 15.2. The van der Waals surface area contributed by atoms with Crippen LogP contribution in [0.2, 0.25) is 0 Å². The van der Waals surface area contributed by atoms with Gasteiger partial charge in [0.05, 0.1) is 30.4 Å². The van der Waals surface area contributed by atoms with E-state index in [4.69, 9.17) is 9.47 Å². The first-order valence-corrected chi connectivity index (χ1v) is 9.84. The van der Waals surface area contributed by atoms with Crippen LogP contribution in [0.4, 0.5) is 0 Å². The maximum absolute atomic E-state index is 13.2. The van der Waals surface area contributed by atoms with Gasteiger partial charge in [-0.2, -0.15) is 0 Å². The number of hydrogen-bond acceptors (Lipinski definition) is 6. The molecule has 0 saturated carbocycles. The summed E-state index contributed by atoms with van der Waals surface area (Å²) >= 11 is 0. The molecule has 0 radical (unpaired) electrons. The van der Waals surface area contributed by atoms with Gasteiger partial charge in [-0.25, -0.2) is 8.42 Å². The van der Waals surface area contributed by atoms with Gasteiger partial charge in [0.15, 0.2) is 9.84 Å². The van der Waals surface area contributed by atoms with E-state index in [9.17, 15) is 13.2 Å². The minimum Gasteiger partial charge on any atom is -0.497 e. The smallest absolute Gasteiger partial charge is 0.323 e. The van der Waals surface area contributed by atoms with Crippen molar-refractivity contribution in [3.05, 3.63) is 59.7 Å². The predicted octanol–water partition coefficient (Wildman–Crippen LogP) is 1.82. The number of hydrogen-bond donors (Lipinski definition) is 1. The zero-order chi connectivity index (χ0) is 18.5. The molecule has 26 heavy (non-hydrogen) atoms. The first kappa shape index (κ1) is 17.1. The van der Waals surface area contributed by atoms with Gasteiger partial charge >= 0.3 is 5.97 Å². The predicted molar refractivity (Wildman–Crippen MR) is 94.8 cm³/mol. The minimum atomic E-state index is -3.57. The average molecular weight is 373 g/mol. The Morgan fingerprint density at radius 2 is 1.73 bits per heavy atom. The van der Waals surface area contributed by atoms with E-state index in [1.165, 1.54) is 7.11 Å². The van der Waals surface area contributed by atoms with Crippen LogP contribution in [0, 0.1) is 0 Å². The first-order valence-electron chi connectivity index (χ1n) is 8.29. The fourth-order valence-corrected chi connectivity index (χ4v) is 6.50. The van der Waals surface area contributed by atoms with E-state index < -0.39 is 39.1 Å². The number of methoxy groups -OCH3 is 2. The highest BCUT2D eigenvalue weighted by Gasteiger charge is 2.59. The summed E-state index contributed by atoms with van der Waals surface area (Å²) in [6.45, 7) is 0. The van der Waals surface area contributed by atoms with Crippen LogP contribution < -0.4 is 10.1 Å². The zero-order valence-electron chi connectivity index (χ0n) is 14.4. The summed E-state index contributed by atoms with van der Waals surface area (Å²) in [4.78, 5) is 12.7. The molecule has 7 heteroatoms. The summed E-state index contributed by atoms with van der Waals surface area (Å²) in [5.74, 6) is -0.246. The Kier molecular flexibility index (Phi) is 4.00. The quantitative estimate of drug-likeness (QED) is 0.827. The summed E-state index contributed by atoms with van der Waals surface area (Å²) in [7, 11) is -0.684. The molecule has 0 aliphatic carbocycles. The van der Waals surface area contributed by atoms with Crippen molar-refractivity contribution in [1.29, 1.82) is 0 Å². The number of ether oxygens (including phenoxy) is 2. The van der Waals surface area contributed by atoms with Crippen LogP contribution in [-0.2, 0) is 19.4 Å². The van der Waals surface area contributed by atoms with E-state index in [1.54, 1.807) is 43.5 Å². The second kappa shape index (κ2) is 6.10. The molecular formula is C19H19NO5S. The number of benzene rings is 2. The number of carbonyl (C=O) groups is 1. The van der Waals surface area contributed by atoms with Crippen LogP contribution in [0.25, 0.3) is 0 Å². The molecule has 4 rings (SSSR count). The highest BCUT2D eigenvalue weighted by atomic mass is 32.2. The lowest BCUT2D eigenvalue weighted by Crippen LogP contribution is -2.36. The van der Waals surface area contributed by atoms with Crippen molar-refractivity contribution in [3.63, 3.8) is 0 Å². The van der Waals surface area contributed by atoms with E-state index in [1.807, 2.05) is 12.1 Å². The highest BCUT2D eigenvalue weighted by molar-refractivity contribution is 7.92. The van der Waals surface area contributed by atoms with Crippen LogP contribution in [0.15, 0.2) is 53.4 Å². The van der Waals surface area contributed by atoms with E-state index in [0.29, 0.717) is 16.2 Å². The summed E-state index contributed by atoms with van der Waals surface area (Å²) in [6.07, 6.45) is 0. The molecule has 2 aliphatic heterocycles. The van der Waals surface area contributed by atoms with E-state index in [0.717, 1.165) is 5.56 Å². The normalized spacial score (nSPS) is 28.2. The maximum atomic E-state index is 13.2. The molecule has 6 nitrogen and oxygen atoms in total. The Morgan fingerprint density at radius 1 is 1.04 bits per heavy atom. The fraction of sp³-hybridized carbons (Fsp3) is 0.316. The lowest BCUT2D eigenvalue weighted by molar-refractivity contribution is -0.143. The molecule has 0 unspecified atom stereocenters. The molecular weight excluding hydrogens is 354 g/mol. The second-order valence-corrected chi connectivity index (χ2v) is 8.57. The third-order valence-corrected chi connectivity index (χ3v) is 7.54. The minimum absolute atomic E-state index is 0.309.